The minimum Gasteiger partial charge on any atom is -0.372 e. The van der Waals surface area contributed by atoms with Gasteiger partial charge in [-0.25, -0.2) is 0 Å². The molecule has 1 fully saturated rings. The molecule has 2 N–H and O–H groups in total. The second-order valence-electron chi connectivity index (χ2n) is 5.89. The molecular formula is C19H20N2O3. The Morgan fingerprint density at radius 2 is 1.71 bits per heavy atom. The van der Waals surface area contributed by atoms with Gasteiger partial charge in [0.05, 0.1) is 0 Å². The first-order chi connectivity index (χ1) is 11.6. The highest BCUT2D eigenvalue weighted by Crippen LogP contribution is 2.28. The highest BCUT2D eigenvalue weighted by atomic mass is 16.3. The molecule has 0 aromatic heterocycles. The average Bonchev–Trinajstić information content (AvgIpc) is 2.93. The number of nitrogens with one attached hydrogen (secondary N) is 1. The van der Waals surface area contributed by atoms with Gasteiger partial charge in [-0.1, -0.05) is 48.5 Å². The largest absolute Gasteiger partial charge is 0.372 e. The monoisotopic (exact) mass is 324 g/mol. The van der Waals surface area contributed by atoms with Crippen molar-refractivity contribution in [3.63, 3.8) is 0 Å². The van der Waals surface area contributed by atoms with Crippen LogP contribution in [0.4, 0.5) is 5.69 Å². The van der Waals surface area contributed by atoms with Crippen LogP contribution >= 0.6 is 0 Å². The van der Waals surface area contributed by atoms with Crippen LogP contribution in [0.15, 0.2) is 60.7 Å². The van der Waals surface area contributed by atoms with E-state index in [1.165, 1.54) is 4.90 Å². The van der Waals surface area contributed by atoms with Gasteiger partial charge in [-0.05, 0) is 24.1 Å². The van der Waals surface area contributed by atoms with Crippen LogP contribution in [0, 0.1) is 0 Å². The molecule has 2 aromatic carbocycles. The van der Waals surface area contributed by atoms with E-state index in [-0.39, 0.29) is 6.42 Å². The van der Waals surface area contributed by atoms with Crippen LogP contribution < -0.4 is 10.2 Å². The van der Waals surface area contributed by atoms with Crippen molar-refractivity contribution in [3.05, 3.63) is 66.2 Å². The van der Waals surface area contributed by atoms with Crippen LogP contribution in [0.2, 0.25) is 0 Å². The third kappa shape index (κ3) is 3.16. The summed E-state index contributed by atoms with van der Waals surface area (Å²) in [5.74, 6) is -1.19. The van der Waals surface area contributed by atoms with Crippen molar-refractivity contribution < 1.29 is 14.7 Å². The van der Waals surface area contributed by atoms with E-state index >= 15 is 0 Å². The maximum Gasteiger partial charge on any atom is 0.268 e. The fraction of sp³-hybridized carbons (Fsp3) is 0.263. The topological polar surface area (TPSA) is 69.6 Å². The summed E-state index contributed by atoms with van der Waals surface area (Å²) in [7, 11) is 0. The summed E-state index contributed by atoms with van der Waals surface area (Å²) in [6.07, 6.45) is 0.747. The Hall–Kier alpha value is -2.66. The SMILES string of the molecule is O=C(NCCc1ccccc1)C1(O)CCN(c2ccccc2)C1=O. The lowest BCUT2D eigenvalue weighted by atomic mass is 10.0. The summed E-state index contributed by atoms with van der Waals surface area (Å²) >= 11 is 0. The smallest absolute Gasteiger partial charge is 0.268 e. The van der Waals surface area contributed by atoms with E-state index in [0.29, 0.717) is 25.2 Å². The zero-order valence-electron chi connectivity index (χ0n) is 13.3. The summed E-state index contributed by atoms with van der Waals surface area (Å²) in [6.45, 7) is 0.704. The molecule has 1 heterocycles. The van der Waals surface area contributed by atoms with Crippen molar-refractivity contribution >= 4 is 17.5 Å². The molecule has 1 aliphatic rings. The molecule has 0 bridgehead atoms. The number of amides is 2. The highest BCUT2D eigenvalue weighted by Gasteiger charge is 2.51. The molecule has 0 radical (unpaired) electrons. The number of hydrogen-bond donors (Lipinski definition) is 2. The van der Waals surface area contributed by atoms with Gasteiger partial charge in [0.1, 0.15) is 0 Å². The summed E-state index contributed by atoms with van der Waals surface area (Å²) < 4.78 is 0. The number of carbonyl (C=O) groups excluding carboxylic acids is 2. The Kier molecular flexibility index (Phi) is 4.62. The quantitative estimate of drug-likeness (QED) is 0.819. The van der Waals surface area contributed by atoms with Crippen molar-refractivity contribution in [1.29, 1.82) is 0 Å². The van der Waals surface area contributed by atoms with Crippen molar-refractivity contribution in [2.45, 2.75) is 18.4 Å². The maximum atomic E-state index is 12.5. The van der Waals surface area contributed by atoms with E-state index in [0.717, 1.165) is 5.56 Å². The number of anilines is 1. The maximum absolute atomic E-state index is 12.5. The fourth-order valence-electron chi connectivity index (χ4n) is 2.88. The lowest BCUT2D eigenvalue weighted by Gasteiger charge is -2.21. The molecule has 1 aliphatic heterocycles. The van der Waals surface area contributed by atoms with E-state index in [1.807, 2.05) is 48.5 Å². The molecule has 3 rings (SSSR count). The predicted molar refractivity (Wildman–Crippen MR) is 91.5 cm³/mol. The number of benzene rings is 2. The first-order valence-electron chi connectivity index (χ1n) is 8.03. The Morgan fingerprint density at radius 1 is 1.08 bits per heavy atom. The van der Waals surface area contributed by atoms with Gasteiger partial charge < -0.3 is 15.3 Å². The zero-order chi connectivity index (χ0) is 17.0. The van der Waals surface area contributed by atoms with Gasteiger partial charge in [0.25, 0.3) is 11.8 Å². The van der Waals surface area contributed by atoms with Crippen molar-refractivity contribution in [2.24, 2.45) is 0 Å². The first-order valence-corrected chi connectivity index (χ1v) is 8.03. The number of hydrogen-bond acceptors (Lipinski definition) is 3. The average molecular weight is 324 g/mol. The number of para-hydroxylation sites is 1. The molecule has 1 atom stereocenters. The number of carbonyl (C=O) groups is 2. The lowest BCUT2D eigenvalue weighted by Crippen LogP contribution is -2.52. The molecule has 1 unspecified atom stereocenters. The van der Waals surface area contributed by atoms with Gasteiger partial charge in [-0.3, -0.25) is 9.59 Å². The third-order valence-corrected chi connectivity index (χ3v) is 4.28. The molecule has 0 aliphatic carbocycles. The van der Waals surface area contributed by atoms with Crippen molar-refractivity contribution in [1.82, 2.24) is 5.32 Å². The van der Waals surface area contributed by atoms with Crippen LogP contribution in [0.5, 0.6) is 0 Å². The molecule has 2 aromatic rings. The molecule has 5 heteroatoms. The molecule has 124 valence electrons. The molecule has 1 saturated heterocycles. The van der Waals surface area contributed by atoms with Crippen molar-refractivity contribution in [3.8, 4) is 0 Å². The van der Waals surface area contributed by atoms with Gasteiger partial charge in [-0.2, -0.15) is 0 Å². The minimum atomic E-state index is -1.98. The second-order valence-corrected chi connectivity index (χ2v) is 5.89. The zero-order valence-corrected chi connectivity index (χ0v) is 13.3. The number of nitrogens with zero attached hydrogens (tertiary/aromatic N) is 1. The summed E-state index contributed by atoms with van der Waals surface area (Å²) in [5.41, 5.74) is -0.198. The van der Waals surface area contributed by atoms with E-state index in [2.05, 4.69) is 5.32 Å². The second kappa shape index (κ2) is 6.84. The van der Waals surface area contributed by atoms with E-state index in [4.69, 9.17) is 0 Å². The van der Waals surface area contributed by atoms with Crippen LogP contribution in [-0.4, -0.2) is 35.6 Å². The van der Waals surface area contributed by atoms with Crippen LogP contribution in [0.25, 0.3) is 0 Å². The van der Waals surface area contributed by atoms with E-state index in [9.17, 15) is 14.7 Å². The van der Waals surface area contributed by atoms with Gasteiger partial charge in [0.15, 0.2) is 0 Å². The predicted octanol–water partition coefficient (Wildman–Crippen LogP) is 1.51. The Labute approximate surface area is 140 Å². The number of aliphatic hydroxyl groups is 1. The molecule has 0 saturated carbocycles. The van der Waals surface area contributed by atoms with Gasteiger partial charge >= 0.3 is 0 Å². The van der Waals surface area contributed by atoms with Crippen molar-refractivity contribution in [2.75, 3.05) is 18.0 Å². The molecule has 24 heavy (non-hydrogen) atoms. The van der Waals surface area contributed by atoms with Gasteiger partial charge in [-0.15, -0.1) is 0 Å². The van der Waals surface area contributed by atoms with Gasteiger partial charge in [0, 0.05) is 25.2 Å². The van der Waals surface area contributed by atoms with Crippen LogP contribution in [0.1, 0.15) is 12.0 Å². The Morgan fingerprint density at radius 3 is 2.38 bits per heavy atom. The van der Waals surface area contributed by atoms with E-state index in [1.54, 1.807) is 12.1 Å². The standard InChI is InChI=1S/C19H20N2O3/c22-17(20-13-11-15-7-3-1-4-8-15)19(24)12-14-21(18(19)23)16-9-5-2-6-10-16/h1-10,24H,11-14H2,(H,20,22). The Balaban J connectivity index is 1.61. The summed E-state index contributed by atoms with van der Waals surface area (Å²) in [4.78, 5) is 26.3. The summed E-state index contributed by atoms with van der Waals surface area (Å²) in [5, 5.41) is 13.2. The number of rotatable bonds is 5. The molecule has 5 nitrogen and oxygen atoms in total. The Bertz CT molecular complexity index is 718. The van der Waals surface area contributed by atoms with Gasteiger partial charge in [0.2, 0.25) is 5.60 Å². The molecular weight excluding hydrogens is 304 g/mol. The normalized spacial score (nSPS) is 20.2. The fourth-order valence-corrected chi connectivity index (χ4v) is 2.88. The van der Waals surface area contributed by atoms with Crippen LogP contribution in [-0.2, 0) is 16.0 Å². The van der Waals surface area contributed by atoms with E-state index < -0.39 is 17.4 Å². The van der Waals surface area contributed by atoms with Crippen LogP contribution in [0.3, 0.4) is 0 Å². The highest BCUT2D eigenvalue weighted by molar-refractivity contribution is 6.16. The molecule has 0 spiro atoms. The summed E-state index contributed by atoms with van der Waals surface area (Å²) in [6, 6.07) is 18.8. The third-order valence-electron chi connectivity index (χ3n) is 4.28. The molecule has 2 amide bonds. The minimum absolute atomic E-state index is 0.0951. The first kappa shape index (κ1) is 16.2. The lowest BCUT2D eigenvalue weighted by molar-refractivity contribution is -0.149.